The van der Waals surface area contributed by atoms with Crippen molar-refractivity contribution in [2.24, 2.45) is 5.92 Å². The highest BCUT2D eigenvalue weighted by molar-refractivity contribution is 9.10. The molecule has 0 aliphatic carbocycles. The standard InChI is InChI=1S/C15H20BrNO3/c1-10(2)14(16)15(18)17(3)9-11-4-5-12-13(8-11)20-7-6-19-12/h4-5,8,10,14H,6-7,9H2,1-3H3. The molecule has 1 aromatic rings. The van der Waals surface area contributed by atoms with Gasteiger partial charge in [-0.3, -0.25) is 4.79 Å². The van der Waals surface area contributed by atoms with E-state index in [1.54, 1.807) is 4.90 Å². The molecule has 1 aromatic carbocycles. The molecule has 1 aliphatic heterocycles. The maximum atomic E-state index is 12.2. The highest BCUT2D eigenvalue weighted by Crippen LogP contribution is 2.31. The fraction of sp³-hybridized carbons (Fsp3) is 0.533. The quantitative estimate of drug-likeness (QED) is 0.790. The van der Waals surface area contributed by atoms with E-state index in [-0.39, 0.29) is 16.7 Å². The summed E-state index contributed by atoms with van der Waals surface area (Å²) in [7, 11) is 1.82. The van der Waals surface area contributed by atoms with Crippen LogP contribution < -0.4 is 9.47 Å². The van der Waals surface area contributed by atoms with Crippen LogP contribution in [0.5, 0.6) is 11.5 Å². The molecule has 0 bridgehead atoms. The van der Waals surface area contributed by atoms with Gasteiger partial charge in [-0.05, 0) is 23.6 Å². The molecule has 0 N–H and O–H groups in total. The van der Waals surface area contributed by atoms with Crippen LogP contribution in [0.3, 0.4) is 0 Å². The molecular weight excluding hydrogens is 322 g/mol. The zero-order valence-corrected chi connectivity index (χ0v) is 13.6. The maximum Gasteiger partial charge on any atom is 0.236 e. The average Bonchev–Trinajstić information content (AvgIpc) is 2.45. The second-order valence-electron chi connectivity index (χ2n) is 5.32. The minimum atomic E-state index is -0.148. The number of hydrogen-bond acceptors (Lipinski definition) is 3. The number of halogens is 1. The summed E-state index contributed by atoms with van der Waals surface area (Å²) in [5.74, 6) is 1.89. The Morgan fingerprint density at radius 3 is 2.60 bits per heavy atom. The van der Waals surface area contributed by atoms with Gasteiger partial charge in [-0.25, -0.2) is 0 Å². The Balaban J connectivity index is 2.04. The Labute approximate surface area is 128 Å². The minimum Gasteiger partial charge on any atom is -0.486 e. The van der Waals surface area contributed by atoms with Crippen molar-refractivity contribution in [1.29, 1.82) is 0 Å². The third-order valence-corrected chi connectivity index (χ3v) is 4.67. The molecule has 110 valence electrons. The Morgan fingerprint density at radius 2 is 1.95 bits per heavy atom. The Morgan fingerprint density at radius 1 is 1.30 bits per heavy atom. The molecule has 0 saturated carbocycles. The molecular formula is C15H20BrNO3. The lowest BCUT2D eigenvalue weighted by Gasteiger charge is -2.24. The largest absolute Gasteiger partial charge is 0.486 e. The van der Waals surface area contributed by atoms with Gasteiger partial charge in [0.15, 0.2) is 11.5 Å². The second kappa shape index (κ2) is 6.48. The summed E-state index contributed by atoms with van der Waals surface area (Å²) in [6.45, 7) is 5.77. The zero-order chi connectivity index (χ0) is 14.7. The number of fused-ring (bicyclic) bond motifs is 1. The first-order valence-electron chi connectivity index (χ1n) is 6.76. The Kier molecular flexibility index (Phi) is 4.91. The van der Waals surface area contributed by atoms with Crippen LogP contribution in [-0.2, 0) is 11.3 Å². The monoisotopic (exact) mass is 341 g/mol. The smallest absolute Gasteiger partial charge is 0.236 e. The first kappa shape index (κ1) is 15.2. The van der Waals surface area contributed by atoms with Crippen molar-refractivity contribution in [3.63, 3.8) is 0 Å². The van der Waals surface area contributed by atoms with Gasteiger partial charge in [0.25, 0.3) is 0 Å². The fourth-order valence-electron chi connectivity index (χ4n) is 2.03. The van der Waals surface area contributed by atoms with E-state index in [0.29, 0.717) is 19.8 Å². The molecule has 0 saturated heterocycles. The van der Waals surface area contributed by atoms with Gasteiger partial charge in [-0.2, -0.15) is 0 Å². The lowest BCUT2D eigenvalue weighted by molar-refractivity contribution is -0.130. The van der Waals surface area contributed by atoms with Crippen molar-refractivity contribution >= 4 is 21.8 Å². The topological polar surface area (TPSA) is 38.8 Å². The molecule has 1 aliphatic rings. The molecule has 2 rings (SSSR count). The van der Waals surface area contributed by atoms with Crippen LogP contribution in [0.25, 0.3) is 0 Å². The van der Waals surface area contributed by atoms with Crippen LogP contribution in [0.4, 0.5) is 0 Å². The van der Waals surface area contributed by atoms with E-state index in [0.717, 1.165) is 17.1 Å². The van der Waals surface area contributed by atoms with Crippen LogP contribution in [0, 0.1) is 5.92 Å². The molecule has 0 spiro atoms. The number of carbonyl (C=O) groups is 1. The van der Waals surface area contributed by atoms with Crippen molar-refractivity contribution in [2.75, 3.05) is 20.3 Å². The molecule has 1 unspecified atom stereocenters. The van der Waals surface area contributed by atoms with Gasteiger partial charge in [0.1, 0.15) is 13.2 Å². The summed E-state index contributed by atoms with van der Waals surface area (Å²) < 4.78 is 11.0. The molecule has 1 amide bonds. The van der Waals surface area contributed by atoms with Crippen molar-refractivity contribution < 1.29 is 14.3 Å². The number of amides is 1. The first-order chi connectivity index (χ1) is 9.49. The van der Waals surface area contributed by atoms with Gasteiger partial charge in [0.05, 0.1) is 4.83 Å². The number of alkyl halides is 1. The molecule has 1 heterocycles. The number of nitrogens with zero attached hydrogens (tertiary/aromatic N) is 1. The van der Waals surface area contributed by atoms with Crippen LogP contribution in [0.1, 0.15) is 19.4 Å². The molecule has 4 nitrogen and oxygen atoms in total. The first-order valence-corrected chi connectivity index (χ1v) is 7.68. The third-order valence-electron chi connectivity index (χ3n) is 3.22. The summed E-state index contributed by atoms with van der Waals surface area (Å²) in [6.07, 6.45) is 0. The number of hydrogen-bond donors (Lipinski definition) is 0. The summed E-state index contributed by atoms with van der Waals surface area (Å²) in [4.78, 5) is 13.8. The number of ether oxygens (including phenoxy) is 2. The third kappa shape index (κ3) is 3.45. The summed E-state index contributed by atoms with van der Waals surface area (Å²) in [5, 5.41) is 0. The van der Waals surface area contributed by atoms with Gasteiger partial charge in [0.2, 0.25) is 5.91 Å². The minimum absolute atomic E-state index is 0.0925. The average molecular weight is 342 g/mol. The van der Waals surface area contributed by atoms with Crippen molar-refractivity contribution in [3.05, 3.63) is 23.8 Å². The van der Waals surface area contributed by atoms with Crippen LogP contribution in [0.15, 0.2) is 18.2 Å². The van der Waals surface area contributed by atoms with E-state index in [9.17, 15) is 4.79 Å². The van der Waals surface area contributed by atoms with Crippen molar-refractivity contribution in [3.8, 4) is 11.5 Å². The number of rotatable bonds is 4. The Bertz CT molecular complexity index is 490. The number of benzene rings is 1. The van der Waals surface area contributed by atoms with Gasteiger partial charge in [-0.1, -0.05) is 35.8 Å². The molecule has 0 radical (unpaired) electrons. The molecule has 1 atom stereocenters. The fourth-order valence-corrected chi connectivity index (χ4v) is 2.38. The van der Waals surface area contributed by atoms with E-state index in [1.807, 2.05) is 39.1 Å². The van der Waals surface area contributed by atoms with Gasteiger partial charge in [0, 0.05) is 13.6 Å². The summed E-state index contributed by atoms with van der Waals surface area (Å²) in [6, 6.07) is 5.81. The maximum absolute atomic E-state index is 12.2. The van der Waals surface area contributed by atoms with Crippen molar-refractivity contribution in [1.82, 2.24) is 4.90 Å². The molecule has 0 fully saturated rings. The second-order valence-corrected chi connectivity index (χ2v) is 6.30. The predicted octanol–water partition coefficient (Wildman–Crippen LogP) is 2.84. The van der Waals surface area contributed by atoms with Crippen LogP contribution >= 0.6 is 15.9 Å². The SMILES string of the molecule is CC(C)C(Br)C(=O)N(C)Cc1ccc2c(c1)OCCO2. The van der Waals surface area contributed by atoms with Gasteiger partial charge >= 0.3 is 0 Å². The van der Waals surface area contributed by atoms with E-state index >= 15 is 0 Å². The Hall–Kier alpha value is -1.23. The van der Waals surface area contributed by atoms with Crippen LogP contribution in [0.2, 0.25) is 0 Å². The molecule has 5 heteroatoms. The predicted molar refractivity (Wildman–Crippen MR) is 81.5 cm³/mol. The lowest BCUT2D eigenvalue weighted by atomic mass is 10.1. The lowest BCUT2D eigenvalue weighted by Crippen LogP contribution is -2.35. The normalized spacial score (nSPS) is 15.1. The molecule has 20 heavy (non-hydrogen) atoms. The van der Waals surface area contributed by atoms with E-state index in [2.05, 4.69) is 15.9 Å². The van der Waals surface area contributed by atoms with Crippen molar-refractivity contribution in [2.45, 2.75) is 25.2 Å². The van der Waals surface area contributed by atoms with Gasteiger partial charge < -0.3 is 14.4 Å². The highest BCUT2D eigenvalue weighted by atomic mass is 79.9. The van der Waals surface area contributed by atoms with Gasteiger partial charge in [-0.15, -0.1) is 0 Å². The zero-order valence-electron chi connectivity index (χ0n) is 12.1. The van der Waals surface area contributed by atoms with E-state index < -0.39 is 0 Å². The van der Waals surface area contributed by atoms with E-state index in [4.69, 9.17) is 9.47 Å². The van der Waals surface area contributed by atoms with Crippen LogP contribution in [-0.4, -0.2) is 35.9 Å². The van der Waals surface area contributed by atoms with E-state index in [1.165, 1.54) is 0 Å². The molecule has 0 aromatic heterocycles. The summed E-state index contributed by atoms with van der Waals surface area (Å²) >= 11 is 3.45. The summed E-state index contributed by atoms with van der Waals surface area (Å²) in [5.41, 5.74) is 1.04. The highest BCUT2D eigenvalue weighted by Gasteiger charge is 2.22. The number of carbonyl (C=O) groups excluding carboxylic acids is 1.